The van der Waals surface area contributed by atoms with Gasteiger partial charge in [-0.05, 0) is 17.7 Å². The van der Waals surface area contributed by atoms with Crippen molar-refractivity contribution in [1.29, 1.82) is 0 Å². The van der Waals surface area contributed by atoms with Gasteiger partial charge in [0.2, 0.25) is 5.91 Å². The molecule has 5 nitrogen and oxygen atoms in total. The summed E-state index contributed by atoms with van der Waals surface area (Å²) in [5.74, 6) is -0.391. The second-order valence-electron chi connectivity index (χ2n) is 4.00. The summed E-state index contributed by atoms with van der Waals surface area (Å²) in [6, 6.07) is 7.35. The zero-order valence-corrected chi connectivity index (χ0v) is 9.69. The lowest BCUT2D eigenvalue weighted by molar-refractivity contribution is 0.0106. The van der Waals surface area contributed by atoms with E-state index in [1.165, 1.54) is 0 Å². The molecule has 0 aliphatic carbocycles. The average molecular weight is 235 g/mol. The fourth-order valence-corrected chi connectivity index (χ4v) is 1.76. The maximum absolute atomic E-state index is 11.0. The zero-order chi connectivity index (χ0) is 12.1. The third-order valence-corrected chi connectivity index (χ3v) is 2.73. The van der Waals surface area contributed by atoms with Gasteiger partial charge in [0.15, 0.2) is 0 Å². The van der Waals surface area contributed by atoms with Gasteiger partial charge in [-0.25, -0.2) is 5.01 Å². The molecular formula is C12H17N3O2. The van der Waals surface area contributed by atoms with Crippen molar-refractivity contribution in [2.75, 3.05) is 26.3 Å². The Hall–Kier alpha value is -1.43. The van der Waals surface area contributed by atoms with E-state index < -0.39 is 5.91 Å². The number of hydrogen-bond donors (Lipinski definition) is 2. The molecule has 1 heterocycles. The van der Waals surface area contributed by atoms with Crippen LogP contribution in [0.2, 0.25) is 0 Å². The van der Waals surface area contributed by atoms with E-state index in [1.54, 1.807) is 6.07 Å². The Morgan fingerprint density at radius 2 is 2.18 bits per heavy atom. The van der Waals surface area contributed by atoms with E-state index in [2.05, 4.69) is 10.4 Å². The molecule has 0 spiro atoms. The van der Waals surface area contributed by atoms with E-state index in [0.717, 1.165) is 31.9 Å². The normalized spacial score (nSPS) is 16.9. The Morgan fingerprint density at radius 3 is 2.88 bits per heavy atom. The third-order valence-electron chi connectivity index (χ3n) is 2.73. The second kappa shape index (κ2) is 5.77. The molecule has 0 aromatic heterocycles. The molecule has 1 saturated heterocycles. The highest BCUT2D eigenvalue weighted by atomic mass is 16.5. The van der Waals surface area contributed by atoms with Crippen molar-refractivity contribution >= 4 is 5.91 Å². The molecule has 1 fully saturated rings. The average Bonchev–Trinajstić information content (AvgIpc) is 2.38. The molecule has 17 heavy (non-hydrogen) atoms. The molecule has 3 N–H and O–H groups in total. The van der Waals surface area contributed by atoms with Crippen LogP contribution in [0, 0.1) is 0 Å². The Morgan fingerprint density at radius 1 is 1.41 bits per heavy atom. The molecule has 92 valence electrons. The molecule has 2 rings (SSSR count). The first kappa shape index (κ1) is 12.0. The molecular weight excluding hydrogens is 218 g/mol. The number of morpholine rings is 1. The van der Waals surface area contributed by atoms with E-state index in [-0.39, 0.29) is 0 Å². The van der Waals surface area contributed by atoms with Crippen molar-refractivity contribution in [2.24, 2.45) is 5.73 Å². The summed E-state index contributed by atoms with van der Waals surface area (Å²) in [6.45, 7) is 3.98. The van der Waals surface area contributed by atoms with Crippen molar-refractivity contribution in [3.05, 3.63) is 35.4 Å². The summed E-state index contributed by atoms with van der Waals surface area (Å²) in [7, 11) is 0. The van der Waals surface area contributed by atoms with Gasteiger partial charge in [-0.2, -0.15) is 0 Å². The molecule has 0 saturated carbocycles. The van der Waals surface area contributed by atoms with Crippen LogP contribution in [0.1, 0.15) is 15.9 Å². The van der Waals surface area contributed by atoms with Crippen molar-refractivity contribution in [3.63, 3.8) is 0 Å². The van der Waals surface area contributed by atoms with Gasteiger partial charge in [0.25, 0.3) is 0 Å². The van der Waals surface area contributed by atoms with Crippen LogP contribution >= 0.6 is 0 Å². The fraction of sp³-hybridized carbons (Fsp3) is 0.417. The SMILES string of the molecule is NC(=O)c1cccc(CNN2CCOCC2)c1. The first-order chi connectivity index (χ1) is 8.25. The Bertz CT molecular complexity index is 389. The van der Waals surface area contributed by atoms with Crippen LogP contribution in [0.4, 0.5) is 0 Å². The number of rotatable bonds is 4. The number of nitrogens with two attached hydrogens (primary N) is 1. The molecule has 5 heteroatoms. The lowest BCUT2D eigenvalue weighted by atomic mass is 10.1. The number of ether oxygens (including phenoxy) is 1. The number of hydrazine groups is 1. The van der Waals surface area contributed by atoms with Gasteiger partial charge in [0, 0.05) is 25.2 Å². The fourth-order valence-electron chi connectivity index (χ4n) is 1.76. The molecule has 1 amide bonds. The van der Waals surface area contributed by atoms with Crippen LogP contribution in [0.3, 0.4) is 0 Å². The predicted molar refractivity (Wildman–Crippen MR) is 64.2 cm³/mol. The summed E-state index contributed by atoms with van der Waals surface area (Å²) < 4.78 is 5.26. The summed E-state index contributed by atoms with van der Waals surface area (Å²) in [4.78, 5) is 11.0. The predicted octanol–water partition coefficient (Wildman–Crippen LogP) is 0.122. The summed E-state index contributed by atoms with van der Waals surface area (Å²) in [6.07, 6.45) is 0. The Balaban J connectivity index is 1.89. The standard InChI is InChI=1S/C12H17N3O2/c13-12(16)11-3-1-2-10(8-11)9-14-15-4-6-17-7-5-15/h1-3,8,14H,4-7,9H2,(H2,13,16). The van der Waals surface area contributed by atoms with Crippen LogP contribution in [0.15, 0.2) is 24.3 Å². The molecule has 0 radical (unpaired) electrons. The lowest BCUT2D eigenvalue weighted by Crippen LogP contribution is -2.45. The van der Waals surface area contributed by atoms with Gasteiger partial charge in [-0.1, -0.05) is 12.1 Å². The van der Waals surface area contributed by atoms with Crippen LogP contribution < -0.4 is 11.2 Å². The maximum Gasteiger partial charge on any atom is 0.248 e. The molecule has 1 aromatic carbocycles. The molecule has 0 bridgehead atoms. The smallest absolute Gasteiger partial charge is 0.248 e. The van der Waals surface area contributed by atoms with Gasteiger partial charge >= 0.3 is 0 Å². The first-order valence-corrected chi connectivity index (χ1v) is 5.70. The molecule has 0 atom stereocenters. The number of carbonyl (C=O) groups excluding carboxylic acids is 1. The third kappa shape index (κ3) is 3.52. The number of primary amides is 1. The number of nitrogens with one attached hydrogen (secondary N) is 1. The highest BCUT2D eigenvalue weighted by Crippen LogP contribution is 2.05. The van der Waals surface area contributed by atoms with Crippen LogP contribution in [-0.4, -0.2) is 37.2 Å². The summed E-state index contributed by atoms with van der Waals surface area (Å²) >= 11 is 0. The van der Waals surface area contributed by atoms with Gasteiger partial charge in [-0.15, -0.1) is 0 Å². The van der Waals surface area contributed by atoms with Gasteiger partial charge < -0.3 is 10.5 Å². The number of nitrogens with zero attached hydrogens (tertiary/aromatic N) is 1. The minimum atomic E-state index is -0.391. The van der Waals surface area contributed by atoms with Gasteiger partial charge in [0.1, 0.15) is 0 Å². The van der Waals surface area contributed by atoms with Gasteiger partial charge in [0.05, 0.1) is 13.2 Å². The number of carbonyl (C=O) groups is 1. The highest BCUT2D eigenvalue weighted by Gasteiger charge is 2.09. The topological polar surface area (TPSA) is 67.6 Å². The van der Waals surface area contributed by atoms with E-state index >= 15 is 0 Å². The van der Waals surface area contributed by atoms with Crippen LogP contribution in [0.25, 0.3) is 0 Å². The quantitative estimate of drug-likeness (QED) is 0.778. The molecule has 0 unspecified atom stereocenters. The Kier molecular flexibility index (Phi) is 4.08. The maximum atomic E-state index is 11.0. The van der Waals surface area contributed by atoms with Crippen LogP contribution in [-0.2, 0) is 11.3 Å². The molecule has 1 aliphatic heterocycles. The second-order valence-corrected chi connectivity index (χ2v) is 4.00. The first-order valence-electron chi connectivity index (χ1n) is 5.70. The lowest BCUT2D eigenvalue weighted by Gasteiger charge is -2.27. The van der Waals surface area contributed by atoms with Crippen molar-refractivity contribution in [3.8, 4) is 0 Å². The van der Waals surface area contributed by atoms with E-state index in [9.17, 15) is 4.79 Å². The molecule has 1 aliphatic rings. The highest BCUT2D eigenvalue weighted by molar-refractivity contribution is 5.92. The summed E-state index contributed by atoms with van der Waals surface area (Å²) in [5, 5.41) is 2.13. The zero-order valence-electron chi connectivity index (χ0n) is 9.69. The van der Waals surface area contributed by atoms with E-state index in [1.807, 2.05) is 18.2 Å². The van der Waals surface area contributed by atoms with Crippen molar-refractivity contribution in [1.82, 2.24) is 10.4 Å². The monoisotopic (exact) mass is 235 g/mol. The van der Waals surface area contributed by atoms with E-state index in [4.69, 9.17) is 10.5 Å². The van der Waals surface area contributed by atoms with Crippen molar-refractivity contribution < 1.29 is 9.53 Å². The minimum Gasteiger partial charge on any atom is -0.379 e. The minimum absolute atomic E-state index is 0.391. The number of benzene rings is 1. The number of amides is 1. The largest absolute Gasteiger partial charge is 0.379 e. The van der Waals surface area contributed by atoms with Gasteiger partial charge in [-0.3, -0.25) is 10.2 Å². The van der Waals surface area contributed by atoms with Crippen molar-refractivity contribution in [2.45, 2.75) is 6.54 Å². The molecule has 1 aromatic rings. The van der Waals surface area contributed by atoms with Crippen LogP contribution in [0.5, 0.6) is 0 Å². The van der Waals surface area contributed by atoms with E-state index in [0.29, 0.717) is 12.1 Å². The number of hydrogen-bond acceptors (Lipinski definition) is 4. The Labute approximate surface area is 101 Å². The summed E-state index contributed by atoms with van der Waals surface area (Å²) in [5.41, 5.74) is 10.1.